The van der Waals surface area contributed by atoms with E-state index in [4.69, 9.17) is 5.73 Å². The second-order valence-corrected chi connectivity index (χ2v) is 2.73. The number of nitrogens with one attached hydrogen (secondary N) is 2. The van der Waals surface area contributed by atoms with Gasteiger partial charge in [-0.15, -0.1) is 0 Å². The summed E-state index contributed by atoms with van der Waals surface area (Å²) in [4.78, 5) is 24.8. The first-order valence-electron chi connectivity index (χ1n) is 4.09. The van der Waals surface area contributed by atoms with Crippen molar-refractivity contribution < 1.29 is 0 Å². The van der Waals surface area contributed by atoms with Crippen LogP contribution in [0.4, 0.5) is 0 Å². The van der Waals surface area contributed by atoms with Gasteiger partial charge in [-0.1, -0.05) is 0 Å². The third-order valence-electron chi connectivity index (χ3n) is 1.82. The maximum atomic E-state index is 11.3. The van der Waals surface area contributed by atoms with Crippen LogP contribution in [0.3, 0.4) is 0 Å². The summed E-state index contributed by atoms with van der Waals surface area (Å²) in [7, 11) is 0. The molecular weight excluding hydrogens is 182 g/mol. The van der Waals surface area contributed by atoms with Crippen molar-refractivity contribution in [2.75, 3.05) is 0 Å². The Morgan fingerprint density at radius 3 is 2.79 bits per heavy atom. The number of hydrogen-bond donors (Lipinski definition) is 3. The summed E-state index contributed by atoms with van der Waals surface area (Å²) < 4.78 is 0. The number of H-pyrrole nitrogens is 2. The molecule has 4 N–H and O–H groups in total. The molecule has 0 bridgehead atoms. The number of nitrogens with zero attached hydrogens (tertiary/aromatic N) is 2. The van der Waals surface area contributed by atoms with E-state index in [-0.39, 0.29) is 12.1 Å². The molecule has 0 aliphatic rings. The molecule has 0 unspecified atom stereocenters. The smallest absolute Gasteiger partial charge is 0.255 e. The highest BCUT2D eigenvalue weighted by Gasteiger charge is 2.04. The number of aromatic amines is 2. The lowest BCUT2D eigenvalue weighted by Crippen LogP contribution is -2.17. The standard InChI is InChI=1S/C8H9N5O/c9-3-5-4-12-7(13-8(5)14)6-10-1-2-11-6/h1-2,4H,3,9H2,(H,10,11)(H,12,13,14). The third kappa shape index (κ3) is 1.42. The molecule has 0 amide bonds. The summed E-state index contributed by atoms with van der Waals surface area (Å²) in [5.74, 6) is 0.947. The molecule has 2 aromatic rings. The summed E-state index contributed by atoms with van der Waals surface area (Å²) in [6, 6.07) is 0. The molecule has 14 heavy (non-hydrogen) atoms. The average Bonchev–Trinajstić information content (AvgIpc) is 2.70. The van der Waals surface area contributed by atoms with Crippen LogP contribution in [0.15, 0.2) is 23.4 Å². The topological polar surface area (TPSA) is 100 Å². The Bertz CT molecular complexity index is 473. The Morgan fingerprint density at radius 2 is 2.21 bits per heavy atom. The molecule has 0 fully saturated rings. The zero-order valence-corrected chi connectivity index (χ0v) is 7.32. The van der Waals surface area contributed by atoms with Gasteiger partial charge >= 0.3 is 0 Å². The fourth-order valence-corrected chi connectivity index (χ4v) is 1.08. The highest BCUT2D eigenvalue weighted by molar-refractivity contribution is 5.41. The first kappa shape index (κ1) is 8.64. The van der Waals surface area contributed by atoms with Crippen molar-refractivity contribution in [3.8, 4) is 11.6 Å². The minimum absolute atomic E-state index is 0.181. The van der Waals surface area contributed by atoms with Crippen LogP contribution in [-0.4, -0.2) is 19.9 Å². The summed E-state index contributed by atoms with van der Waals surface area (Å²) >= 11 is 0. The normalized spacial score (nSPS) is 10.4. The molecular formula is C8H9N5O. The number of imidazole rings is 1. The second-order valence-electron chi connectivity index (χ2n) is 2.73. The zero-order chi connectivity index (χ0) is 9.97. The van der Waals surface area contributed by atoms with Gasteiger partial charge in [0.2, 0.25) is 0 Å². The largest absolute Gasteiger partial charge is 0.342 e. The molecule has 0 aliphatic heterocycles. The first-order chi connectivity index (χ1) is 6.81. The van der Waals surface area contributed by atoms with Gasteiger partial charge in [-0.25, -0.2) is 9.97 Å². The predicted molar refractivity (Wildman–Crippen MR) is 50.3 cm³/mol. The molecule has 0 aliphatic carbocycles. The lowest BCUT2D eigenvalue weighted by molar-refractivity contribution is 0.971. The fraction of sp³-hybridized carbons (Fsp3) is 0.125. The summed E-state index contributed by atoms with van der Waals surface area (Å²) in [5, 5.41) is 0. The molecule has 0 spiro atoms. The van der Waals surface area contributed by atoms with Gasteiger partial charge in [-0.2, -0.15) is 0 Å². The third-order valence-corrected chi connectivity index (χ3v) is 1.82. The van der Waals surface area contributed by atoms with E-state index >= 15 is 0 Å². The first-order valence-corrected chi connectivity index (χ1v) is 4.09. The van der Waals surface area contributed by atoms with Gasteiger partial charge in [-0.3, -0.25) is 4.79 Å². The van der Waals surface area contributed by atoms with Gasteiger partial charge in [0.05, 0.1) is 0 Å². The van der Waals surface area contributed by atoms with Gasteiger partial charge in [0.1, 0.15) is 0 Å². The zero-order valence-electron chi connectivity index (χ0n) is 7.32. The Morgan fingerprint density at radius 1 is 1.36 bits per heavy atom. The van der Waals surface area contributed by atoms with Crippen LogP contribution in [0.5, 0.6) is 0 Å². The van der Waals surface area contributed by atoms with E-state index < -0.39 is 0 Å². The van der Waals surface area contributed by atoms with E-state index in [1.54, 1.807) is 12.4 Å². The van der Waals surface area contributed by atoms with Crippen molar-refractivity contribution in [3.05, 3.63) is 34.5 Å². The molecule has 6 nitrogen and oxygen atoms in total. The van der Waals surface area contributed by atoms with E-state index in [9.17, 15) is 4.79 Å². The summed E-state index contributed by atoms with van der Waals surface area (Å²) in [5.41, 5.74) is 5.57. The predicted octanol–water partition coefficient (Wildman–Crippen LogP) is -0.381. The quantitative estimate of drug-likeness (QED) is 0.602. The Kier molecular flexibility index (Phi) is 2.11. The van der Waals surface area contributed by atoms with E-state index in [1.807, 2.05) is 0 Å². The Balaban J connectivity index is 2.48. The molecule has 6 heteroatoms. The average molecular weight is 191 g/mol. The molecule has 2 heterocycles. The molecule has 2 aromatic heterocycles. The van der Waals surface area contributed by atoms with Crippen LogP contribution >= 0.6 is 0 Å². The Labute approximate surface area is 79.2 Å². The number of nitrogens with two attached hydrogens (primary N) is 1. The van der Waals surface area contributed by atoms with Crippen molar-refractivity contribution in [1.29, 1.82) is 0 Å². The summed E-state index contributed by atoms with van der Waals surface area (Å²) in [6.07, 6.45) is 4.70. The van der Waals surface area contributed by atoms with Crippen molar-refractivity contribution >= 4 is 0 Å². The van der Waals surface area contributed by atoms with E-state index in [1.165, 1.54) is 6.20 Å². The summed E-state index contributed by atoms with van der Waals surface area (Å²) in [6.45, 7) is 0.181. The van der Waals surface area contributed by atoms with Gasteiger partial charge < -0.3 is 15.7 Å². The van der Waals surface area contributed by atoms with E-state index in [2.05, 4.69) is 19.9 Å². The maximum absolute atomic E-state index is 11.3. The Hall–Kier alpha value is -1.95. The minimum atomic E-state index is -0.228. The number of aromatic nitrogens is 4. The maximum Gasteiger partial charge on any atom is 0.255 e. The molecule has 0 saturated carbocycles. The van der Waals surface area contributed by atoms with Crippen molar-refractivity contribution in [2.45, 2.75) is 6.54 Å². The molecule has 0 atom stereocenters. The molecule has 0 radical (unpaired) electrons. The number of rotatable bonds is 2. The van der Waals surface area contributed by atoms with Crippen LogP contribution < -0.4 is 11.3 Å². The van der Waals surface area contributed by atoms with E-state index in [0.717, 1.165) is 0 Å². The second kappa shape index (κ2) is 3.43. The van der Waals surface area contributed by atoms with E-state index in [0.29, 0.717) is 17.2 Å². The molecule has 72 valence electrons. The van der Waals surface area contributed by atoms with Gasteiger partial charge in [0.25, 0.3) is 5.56 Å². The number of hydrogen-bond acceptors (Lipinski definition) is 4. The minimum Gasteiger partial charge on any atom is -0.342 e. The van der Waals surface area contributed by atoms with Gasteiger partial charge in [0, 0.05) is 30.7 Å². The van der Waals surface area contributed by atoms with Crippen LogP contribution in [0.2, 0.25) is 0 Å². The van der Waals surface area contributed by atoms with Crippen molar-refractivity contribution in [1.82, 2.24) is 19.9 Å². The molecule has 2 rings (SSSR count). The highest BCUT2D eigenvalue weighted by atomic mass is 16.1. The van der Waals surface area contributed by atoms with Crippen molar-refractivity contribution in [2.24, 2.45) is 5.73 Å². The fourth-order valence-electron chi connectivity index (χ4n) is 1.08. The molecule has 0 aromatic carbocycles. The van der Waals surface area contributed by atoms with Crippen LogP contribution in [0, 0.1) is 0 Å². The monoisotopic (exact) mass is 191 g/mol. The van der Waals surface area contributed by atoms with Gasteiger partial charge in [0.15, 0.2) is 11.6 Å². The lowest BCUT2D eigenvalue weighted by Gasteiger charge is -1.97. The van der Waals surface area contributed by atoms with Crippen LogP contribution in [-0.2, 0) is 6.54 Å². The lowest BCUT2D eigenvalue weighted by atomic mass is 10.3. The van der Waals surface area contributed by atoms with Crippen molar-refractivity contribution in [3.63, 3.8) is 0 Å². The van der Waals surface area contributed by atoms with Crippen LogP contribution in [0.25, 0.3) is 11.6 Å². The van der Waals surface area contributed by atoms with Crippen LogP contribution in [0.1, 0.15) is 5.56 Å². The molecule has 0 saturated heterocycles. The highest BCUT2D eigenvalue weighted by Crippen LogP contribution is 2.04. The SMILES string of the molecule is NCc1cnc(-c2ncc[nH]2)[nH]c1=O. The van der Waals surface area contributed by atoms with Gasteiger partial charge in [-0.05, 0) is 0 Å².